The predicted octanol–water partition coefficient (Wildman–Crippen LogP) is 4.48. The van der Waals surface area contributed by atoms with Crippen LogP contribution in [0.15, 0.2) is 48.5 Å². The fourth-order valence-electron chi connectivity index (χ4n) is 2.03. The van der Waals surface area contributed by atoms with Crippen molar-refractivity contribution in [2.45, 2.75) is 26.2 Å². The zero-order chi connectivity index (χ0) is 15.1. The number of nitrogens with zero attached hydrogens (tertiary/aromatic N) is 1. The van der Waals surface area contributed by atoms with Gasteiger partial charge in [0, 0.05) is 12.1 Å². The van der Waals surface area contributed by atoms with Crippen molar-refractivity contribution < 1.29 is 9.61 Å². The summed E-state index contributed by atoms with van der Waals surface area (Å²) < 4.78 is 5.08. The van der Waals surface area contributed by atoms with Gasteiger partial charge >= 0.3 is 0 Å². The summed E-state index contributed by atoms with van der Waals surface area (Å²) in [7, 11) is 1.61. The molecule has 0 aliphatic heterocycles. The van der Waals surface area contributed by atoms with Crippen molar-refractivity contribution in [1.82, 2.24) is 0 Å². The molecular formula is C17H21N2O2+. The van der Waals surface area contributed by atoms with E-state index in [0.29, 0.717) is 5.69 Å². The highest BCUT2D eigenvalue weighted by Crippen LogP contribution is 2.18. The van der Waals surface area contributed by atoms with E-state index < -0.39 is 0 Å². The maximum atomic E-state index is 12.1. The van der Waals surface area contributed by atoms with Gasteiger partial charge < -0.3 is 4.74 Å². The number of nitrogens with one attached hydrogen (secondary N) is 1. The molecule has 2 aromatic carbocycles. The van der Waals surface area contributed by atoms with Crippen molar-refractivity contribution in [2.75, 3.05) is 12.5 Å². The molecule has 4 nitrogen and oxygen atoms in total. The summed E-state index contributed by atoms with van der Waals surface area (Å²) in [5, 5.41) is 0. The van der Waals surface area contributed by atoms with Gasteiger partial charge in [-0.1, -0.05) is 25.5 Å². The molecule has 2 rings (SSSR count). The summed E-state index contributed by atoms with van der Waals surface area (Å²) in [6.45, 7) is 2.17. The largest absolute Gasteiger partial charge is 0.497 e. The quantitative estimate of drug-likeness (QED) is 0.602. The van der Waals surface area contributed by atoms with Gasteiger partial charge in [0.15, 0.2) is 4.87 Å². The molecule has 0 fully saturated rings. The summed E-state index contributed by atoms with van der Waals surface area (Å²) in [6, 6.07) is 14.9. The Morgan fingerprint density at radius 2 is 1.71 bits per heavy atom. The molecule has 1 N–H and O–H groups in total. The minimum atomic E-state index is 0.589. The molecular weight excluding hydrogens is 264 g/mol. The number of benzene rings is 2. The standard InChI is InChI=1S/C17H21N2O2/c1-3-4-5-14-6-10-16(11-7-14)19(20)18-15-8-12-17(21-2)13-9-15/h6-13H,3-5H2,1-2H3,(H,18,20)/q+1. The third kappa shape index (κ3) is 4.31. The zero-order valence-electron chi connectivity index (χ0n) is 12.5. The van der Waals surface area contributed by atoms with E-state index in [1.54, 1.807) is 19.2 Å². The van der Waals surface area contributed by atoms with Crippen molar-refractivity contribution in [3.8, 4) is 5.75 Å². The van der Waals surface area contributed by atoms with Crippen molar-refractivity contribution in [3.63, 3.8) is 0 Å². The van der Waals surface area contributed by atoms with Crippen molar-refractivity contribution in [3.05, 3.63) is 59.0 Å². The lowest BCUT2D eigenvalue weighted by atomic mass is 10.1. The van der Waals surface area contributed by atoms with E-state index in [1.165, 1.54) is 18.4 Å². The lowest BCUT2D eigenvalue weighted by molar-refractivity contribution is -0.427. The highest BCUT2D eigenvalue weighted by molar-refractivity contribution is 5.45. The van der Waals surface area contributed by atoms with E-state index in [9.17, 15) is 4.91 Å². The van der Waals surface area contributed by atoms with Gasteiger partial charge in [-0.3, -0.25) is 0 Å². The molecule has 110 valence electrons. The Hall–Kier alpha value is -2.36. The molecule has 0 aliphatic rings. The van der Waals surface area contributed by atoms with E-state index >= 15 is 0 Å². The maximum absolute atomic E-state index is 12.1. The third-order valence-corrected chi connectivity index (χ3v) is 3.31. The molecule has 0 saturated carbocycles. The van der Waals surface area contributed by atoms with E-state index in [0.717, 1.165) is 22.7 Å². The average Bonchev–Trinajstić information content (AvgIpc) is 2.54. The highest BCUT2D eigenvalue weighted by Gasteiger charge is 2.13. The van der Waals surface area contributed by atoms with Crippen molar-refractivity contribution in [1.29, 1.82) is 0 Å². The number of hydrogen-bond acceptors (Lipinski definition) is 2. The first-order valence-electron chi connectivity index (χ1n) is 7.20. The van der Waals surface area contributed by atoms with E-state index in [-0.39, 0.29) is 0 Å². The van der Waals surface area contributed by atoms with Crippen LogP contribution in [-0.2, 0) is 6.42 Å². The Morgan fingerprint density at radius 1 is 1.05 bits per heavy atom. The lowest BCUT2D eigenvalue weighted by Gasteiger charge is -2.01. The van der Waals surface area contributed by atoms with Gasteiger partial charge in [0.05, 0.1) is 12.0 Å². The second kappa shape index (κ2) is 7.43. The molecule has 0 bridgehead atoms. The average molecular weight is 285 g/mol. The first-order valence-corrected chi connectivity index (χ1v) is 7.20. The van der Waals surface area contributed by atoms with Gasteiger partial charge in [0.1, 0.15) is 11.4 Å². The Morgan fingerprint density at radius 3 is 2.29 bits per heavy atom. The summed E-state index contributed by atoms with van der Waals surface area (Å²) >= 11 is 0. The van der Waals surface area contributed by atoms with E-state index in [1.807, 2.05) is 36.4 Å². The van der Waals surface area contributed by atoms with Crippen LogP contribution >= 0.6 is 0 Å². The summed E-state index contributed by atoms with van der Waals surface area (Å²) in [5.74, 6) is 0.762. The molecule has 0 heterocycles. The molecule has 21 heavy (non-hydrogen) atoms. The minimum absolute atomic E-state index is 0.589. The number of aryl methyl sites for hydroxylation is 1. The SMILES string of the molecule is CCCCc1ccc([N+](=O)Nc2ccc(OC)cc2)cc1. The fraction of sp³-hybridized carbons (Fsp3) is 0.294. The molecule has 0 radical (unpaired) electrons. The minimum Gasteiger partial charge on any atom is -0.497 e. The van der Waals surface area contributed by atoms with E-state index in [2.05, 4.69) is 12.3 Å². The summed E-state index contributed by atoms with van der Waals surface area (Å²) in [5.41, 5.74) is 5.37. The number of hydrazine groups is 1. The summed E-state index contributed by atoms with van der Waals surface area (Å²) in [6.07, 6.45) is 3.40. The lowest BCUT2D eigenvalue weighted by Crippen LogP contribution is -2.10. The molecule has 2 aromatic rings. The van der Waals surface area contributed by atoms with Gasteiger partial charge in [0.25, 0.3) is 5.69 Å². The van der Waals surface area contributed by atoms with Crippen LogP contribution in [0.1, 0.15) is 25.3 Å². The van der Waals surface area contributed by atoms with Gasteiger partial charge in [-0.05, 0) is 42.7 Å². The molecule has 0 aromatic heterocycles. The number of rotatable bonds is 7. The topological polar surface area (TPSA) is 41.3 Å². The first kappa shape index (κ1) is 15.0. The molecule has 0 saturated heterocycles. The van der Waals surface area contributed by atoms with E-state index in [4.69, 9.17) is 4.74 Å². The first-order chi connectivity index (χ1) is 10.2. The van der Waals surface area contributed by atoms with Crippen LogP contribution in [0.2, 0.25) is 0 Å². The Labute approximate surface area is 125 Å². The Kier molecular flexibility index (Phi) is 5.32. The van der Waals surface area contributed by atoms with Gasteiger partial charge in [0.2, 0.25) is 0 Å². The molecule has 0 atom stereocenters. The highest BCUT2D eigenvalue weighted by atomic mass is 16.5. The molecule has 0 unspecified atom stereocenters. The van der Waals surface area contributed by atoms with Gasteiger partial charge in [-0.15, -0.1) is 5.43 Å². The van der Waals surface area contributed by atoms with Gasteiger partial charge in [-0.2, -0.15) is 0 Å². The van der Waals surface area contributed by atoms with Crippen molar-refractivity contribution in [2.24, 2.45) is 0 Å². The second-order valence-electron chi connectivity index (χ2n) is 4.90. The molecule has 0 aliphatic carbocycles. The van der Waals surface area contributed by atoms with Crippen LogP contribution in [0.4, 0.5) is 11.4 Å². The fourth-order valence-corrected chi connectivity index (χ4v) is 2.03. The number of ether oxygens (including phenoxy) is 1. The van der Waals surface area contributed by atoms with Crippen LogP contribution in [0.25, 0.3) is 0 Å². The number of nitroso groups, excluding NO2 is 1. The third-order valence-electron chi connectivity index (χ3n) is 3.31. The number of anilines is 1. The molecule has 0 amide bonds. The number of hydrogen-bond donors (Lipinski definition) is 1. The monoisotopic (exact) mass is 285 g/mol. The second-order valence-corrected chi connectivity index (χ2v) is 4.90. The number of methoxy groups -OCH3 is 1. The van der Waals surface area contributed by atoms with Crippen LogP contribution in [0.3, 0.4) is 0 Å². The van der Waals surface area contributed by atoms with Crippen molar-refractivity contribution >= 4 is 11.4 Å². The van der Waals surface area contributed by atoms with Crippen LogP contribution in [-0.4, -0.2) is 12.0 Å². The molecule has 4 heteroatoms. The Balaban J connectivity index is 1.98. The normalized spacial score (nSPS) is 10.2. The van der Waals surface area contributed by atoms with Gasteiger partial charge in [-0.25, -0.2) is 0 Å². The Bertz CT molecular complexity index is 577. The van der Waals surface area contributed by atoms with Crippen LogP contribution in [0.5, 0.6) is 5.75 Å². The van der Waals surface area contributed by atoms with Crippen LogP contribution in [0, 0.1) is 4.91 Å². The summed E-state index contributed by atoms with van der Waals surface area (Å²) in [4.78, 5) is 12.8. The number of unbranched alkanes of at least 4 members (excludes halogenated alkanes) is 1. The smallest absolute Gasteiger partial charge is 0.292 e. The maximum Gasteiger partial charge on any atom is 0.292 e. The predicted molar refractivity (Wildman–Crippen MR) is 85.0 cm³/mol. The zero-order valence-corrected chi connectivity index (χ0v) is 12.5. The van der Waals surface area contributed by atoms with Crippen LogP contribution < -0.4 is 10.2 Å². The molecule has 0 spiro atoms.